The molecule has 1 aromatic rings. The summed E-state index contributed by atoms with van der Waals surface area (Å²) in [5.41, 5.74) is 1.45. The molecule has 0 atom stereocenters. The molecule has 0 N–H and O–H groups in total. The summed E-state index contributed by atoms with van der Waals surface area (Å²) in [6.45, 7) is 5.97. The lowest BCUT2D eigenvalue weighted by Gasteiger charge is -2.19. The number of fused-ring (bicyclic) bond motifs is 1. The minimum absolute atomic E-state index is 0.154. The fourth-order valence-electron chi connectivity index (χ4n) is 1.60. The fourth-order valence-corrected chi connectivity index (χ4v) is 2.62. The first-order chi connectivity index (χ1) is 6.48. The van der Waals surface area contributed by atoms with Crippen LogP contribution >= 0.6 is 11.8 Å². The van der Waals surface area contributed by atoms with Crippen molar-refractivity contribution in [1.82, 2.24) is 4.98 Å². The molecule has 1 aromatic heterocycles. The summed E-state index contributed by atoms with van der Waals surface area (Å²) in [7, 11) is 0. The van der Waals surface area contributed by atoms with Crippen molar-refractivity contribution in [2.45, 2.75) is 37.6 Å². The maximum Gasteiger partial charge on any atom is 0.145 e. The molecule has 0 aromatic carbocycles. The van der Waals surface area contributed by atoms with Gasteiger partial charge in [0.15, 0.2) is 0 Å². The molecule has 0 unspecified atom stereocenters. The third-order valence-corrected chi connectivity index (χ3v) is 3.37. The van der Waals surface area contributed by atoms with E-state index in [1.807, 2.05) is 20.8 Å². The molecule has 1 nitrogen and oxygen atoms in total. The van der Waals surface area contributed by atoms with E-state index in [0.29, 0.717) is 5.69 Å². The number of nitrogens with zero attached hydrogens (tertiary/aromatic N) is 1. The molecular weight excluding hydrogens is 197 g/mol. The van der Waals surface area contributed by atoms with E-state index < -0.39 is 0 Å². The van der Waals surface area contributed by atoms with Crippen LogP contribution in [0, 0.1) is 5.82 Å². The van der Waals surface area contributed by atoms with Crippen LogP contribution in [0.4, 0.5) is 4.39 Å². The first-order valence-corrected chi connectivity index (χ1v) is 5.80. The molecule has 1 aliphatic heterocycles. The Bertz CT molecular complexity index is 368. The van der Waals surface area contributed by atoms with E-state index in [-0.39, 0.29) is 11.2 Å². The molecule has 2 rings (SSSR count). The van der Waals surface area contributed by atoms with E-state index in [0.717, 1.165) is 22.8 Å². The van der Waals surface area contributed by atoms with E-state index in [2.05, 4.69) is 4.98 Å². The number of aromatic nitrogens is 1. The maximum absolute atomic E-state index is 13.7. The SMILES string of the molecule is CC(C)(C)c1nc2c(cc1F)CCS2. The highest BCUT2D eigenvalue weighted by Gasteiger charge is 2.24. The van der Waals surface area contributed by atoms with Crippen LogP contribution in [-0.2, 0) is 11.8 Å². The minimum Gasteiger partial charge on any atom is -0.243 e. The summed E-state index contributed by atoms with van der Waals surface area (Å²) in [6.07, 6.45) is 0.953. The van der Waals surface area contributed by atoms with Crippen LogP contribution in [-0.4, -0.2) is 10.7 Å². The summed E-state index contributed by atoms with van der Waals surface area (Å²) in [5, 5.41) is 1.02. The van der Waals surface area contributed by atoms with Crippen LogP contribution in [0.1, 0.15) is 32.0 Å². The molecule has 0 aliphatic carbocycles. The van der Waals surface area contributed by atoms with E-state index in [9.17, 15) is 4.39 Å². The average molecular weight is 211 g/mol. The van der Waals surface area contributed by atoms with Gasteiger partial charge in [0.05, 0.1) is 10.7 Å². The number of halogens is 1. The van der Waals surface area contributed by atoms with Gasteiger partial charge in [0.2, 0.25) is 0 Å². The molecule has 3 heteroatoms. The number of aryl methyl sites for hydroxylation is 1. The number of pyridine rings is 1. The van der Waals surface area contributed by atoms with Crippen LogP contribution in [0.25, 0.3) is 0 Å². The molecule has 0 radical (unpaired) electrons. The monoisotopic (exact) mass is 211 g/mol. The van der Waals surface area contributed by atoms with Crippen molar-refractivity contribution in [3.63, 3.8) is 0 Å². The van der Waals surface area contributed by atoms with Gasteiger partial charge >= 0.3 is 0 Å². The molecule has 0 fully saturated rings. The smallest absolute Gasteiger partial charge is 0.145 e. The first kappa shape index (κ1) is 9.97. The zero-order chi connectivity index (χ0) is 10.3. The molecule has 76 valence electrons. The van der Waals surface area contributed by atoms with Gasteiger partial charge in [-0.05, 0) is 18.1 Å². The quantitative estimate of drug-likeness (QED) is 0.653. The molecule has 0 saturated carbocycles. The maximum atomic E-state index is 13.7. The van der Waals surface area contributed by atoms with Gasteiger partial charge < -0.3 is 0 Å². The van der Waals surface area contributed by atoms with Gasteiger partial charge in [-0.3, -0.25) is 0 Å². The van der Waals surface area contributed by atoms with Gasteiger partial charge in [0.1, 0.15) is 5.82 Å². The molecular formula is C11H14FNS. The van der Waals surface area contributed by atoms with E-state index in [1.165, 1.54) is 0 Å². The normalized spacial score (nSPS) is 15.7. The summed E-state index contributed by atoms with van der Waals surface area (Å²) in [6, 6.07) is 1.66. The number of hydrogen-bond donors (Lipinski definition) is 0. The second-order valence-corrected chi connectivity index (χ2v) is 5.72. The fraction of sp³-hybridized carbons (Fsp3) is 0.545. The van der Waals surface area contributed by atoms with Crippen molar-refractivity contribution in [3.8, 4) is 0 Å². The standard InChI is InChI=1S/C11H14FNS/c1-11(2,3)9-8(12)6-7-4-5-14-10(7)13-9/h6H,4-5H2,1-3H3. The van der Waals surface area contributed by atoms with Crippen molar-refractivity contribution in [1.29, 1.82) is 0 Å². The Labute approximate surface area is 88.1 Å². The van der Waals surface area contributed by atoms with Gasteiger partial charge in [-0.2, -0.15) is 0 Å². The van der Waals surface area contributed by atoms with Crippen molar-refractivity contribution in [2.24, 2.45) is 0 Å². The van der Waals surface area contributed by atoms with Gasteiger partial charge in [-0.1, -0.05) is 20.8 Å². The predicted octanol–water partition coefficient (Wildman–Crippen LogP) is 3.17. The van der Waals surface area contributed by atoms with Gasteiger partial charge in [-0.25, -0.2) is 9.37 Å². The number of rotatable bonds is 0. The lowest BCUT2D eigenvalue weighted by molar-refractivity contribution is 0.496. The van der Waals surface area contributed by atoms with Crippen LogP contribution < -0.4 is 0 Å². The molecule has 0 amide bonds. The highest BCUT2D eigenvalue weighted by molar-refractivity contribution is 7.99. The van der Waals surface area contributed by atoms with Crippen LogP contribution in [0.3, 0.4) is 0 Å². The minimum atomic E-state index is -0.206. The molecule has 0 saturated heterocycles. The molecule has 1 aliphatic rings. The van der Waals surface area contributed by atoms with E-state index in [4.69, 9.17) is 0 Å². The second kappa shape index (κ2) is 3.23. The summed E-state index contributed by atoms with van der Waals surface area (Å²) in [5.74, 6) is 0.883. The number of hydrogen-bond acceptors (Lipinski definition) is 2. The predicted molar refractivity (Wildman–Crippen MR) is 57.3 cm³/mol. The average Bonchev–Trinajstić information content (AvgIpc) is 2.47. The first-order valence-electron chi connectivity index (χ1n) is 4.81. The summed E-state index contributed by atoms with van der Waals surface area (Å²) >= 11 is 1.73. The Morgan fingerprint density at radius 3 is 2.79 bits per heavy atom. The van der Waals surface area contributed by atoms with Crippen LogP contribution in [0.5, 0.6) is 0 Å². The summed E-state index contributed by atoms with van der Waals surface area (Å²) in [4.78, 5) is 4.41. The van der Waals surface area contributed by atoms with E-state index in [1.54, 1.807) is 17.8 Å². The Hall–Kier alpha value is -0.570. The van der Waals surface area contributed by atoms with Gasteiger partial charge in [0, 0.05) is 11.2 Å². The Morgan fingerprint density at radius 2 is 2.14 bits per heavy atom. The van der Waals surface area contributed by atoms with Crippen molar-refractivity contribution >= 4 is 11.8 Å². The van der Waals surface area contributed by atoms with Crippen molar-refractivity contribution < 1.29 is 4.39 Å². The Morgan fingerprint density at radius 1 is 1.43 bits per heavy atom. The number of thioether (sulfide) groups is 1. The third-order valence-electron chi connectivity index (χ3n) is 2.34. The van der Waals surface area contributed by atoms with Crippen molar-refractivity contribution in [3.05, 3.63) is 23.1 Å². The third kappa shape index (κ3) is 1.65. The molecule has 0 spiro atoms. The highest BCUT2D eigenvalue weighted by Crippen LogP contribution is 2.33. The Balaban J connectivity index is 2.53. The van der Waals surface area contributed by atoms with Gasteiger partial charge in [-0.15, -0.1) is 11.8 Å². The zero-order valence-corrected chi connectivity index (χ0v) is 9.54. The van der Waals surface area contributed by atoms with E-state index >= 15 is 0 Å². The second-order valence-electron chi connectivity index (χ2n) is 4.63. The highest BCUT2D eigenvalue weighted by atomic mass is 32.2. The van der Waals surface area contributed by atoms with Crippen LogP contribution in [0.2, 0.25) is 0 Å². The van der Waals surface area contributed by atoms with Crippen LogP contribution in [0.15, 0.2) is 11.1 Å². The molecule has 2 heterocycles. The zero-order valence-electron chi connectivity index (χ0n) is 8.72. The van der Waals surface area contributed by atoms with Crippen molar-refractivity contribution in [2.75, 3.05) is 5.75 Å². The summed E-state index contributed by atoms with van der Waals surface area (Å²) < 4.78 is 13.7. The molecule has 14 heavy (non-hydrogen) atoms. The van der Waals surface area contributed by atoms with Gasteiger partial charge in [0.25, 0.3) is 0 Å². The lowest BCUT2D eigenvalue weighted by atomic mass is 9.91. The Kier molecular flexibility index (Phi) is 2.30. The lowest BCUT2D eigenvalue weighted by Crippen LogP contribution is -2.16. The topological polar surface area (TPSA) is 12.9 Å². The largest absolute Gasteiger partial charge is 0.243 e. The molecule has 0 bridgehead atoms.